The normalized spacial score (nSPS) is 17.0. The number of benzene rings is 2. The molecular formula is C21H21N5O5. The van der Waals surface area contributed by atoms with Crippen LogP contribution in [0.25, 0.3) is 10.9 Å². The molecule has 10 heteroatoms. The summed E-state index contributed by atoms with van der Waals surface area (Å²) in [4.78, 5) is 22.8. The maximum absolute atomic E-state index is 12.6. The van der Waals surface area contributed by atoms with E-state index in [1.807, 2.05) is 0 Å². The first-order valence-corrected chi connectivity index (χ1v) is 9.73. The fraction of sp³-hybridized carbons (Fsp3) is 0.286. The number of phenolic OH excluding ortho intramolecular Hbond substituents is 2. The molecule has 31 heavy (non-hydrogen) atoms. The minimum absolute atomic E-state index is 0.199. The summed E-state index contributed by atoms with van der Waals surface area (Å²) in [5.41, 5.74) is 1.72. The maximum Gasteiger partial charge on any atom is 0.415 e. The quantitative estimate of drug-likeness (QED) is 0.369. The Morgan fingerprint density at radius 1 is 1.26 bits per heavy atom. The van der Waals surface area contributed by atoms with Crippen molar-refractivity contribution in [1.82, 2.24) is 15.3 Å². The van der Waals surface area contributed by atoms with Crippen molar-refractivity contribution in [2.24, 2.45) is 0 Å². The van der Waals surface area contributed by atoms with E-state index in [1.54, 1.807) is 30.0 Å². The predicted molar refractivity (Wildman–Crippen MR) is 113 cm³/mol. The highest BCUT2D eigenvalue weighted by atomic mass is 16.6. The summed E-state index contributed by atoms with van der Waals surface area (Å²) in [7, 11) is 1.54. The van der Waals surface area contributed by atoms with E-state index in [9.17, 15) is 15.0 Å². The number of nitrogens with one attached hydrogen (secondary N) is 2. The molecule has 4 N–H and O–H groups in total. The largest absolute Gasteiger partial charge is 0.504 e. The van der Waals surface area contributed by atoms with Gasteiger partial charge in [-0.1, -0.05) is 0 Å². The van der Waals surface area contributed by atoms with Crippen LogP contribution >= 0.6 is 0 Å². The first kappa shape index (κ1) is 19.2. The molecule has 0 aliphatic carbocycles. The number of aromatic nitrogens is 2. The Labute approximate surface area is 177 Å². The van der Waals surface area contributed by atoms with Crippen LogP contribution in [0.3, 0.4) is 0 Å². The first-order valence-electron chi connectivity index (χ1n) is 9.73. The second-order valence-corrected chi connectivity index (χ2v) is 7.74. The number of hydrogen-bond donors (Lipinski definition) is 4. The van der Waals surface area contributed by atoms with E-state index >= 15 is 0 Å². The molecule has 0 atom stereocenters. The van der Waals surface area contributed by atoms with Crippen molar-refractivity contribution in [2.45, 2.75) is 12.5 Å². The number of methoxy groups -OCH3 is 1. The highest BCUT2D eigenvalue weighted by Gasteiger charge is 2.50. The molecule has 1 amide bonds. The Morgan fingerprint density at radius 3 is 2.74 bits per heavy atom. The van der Waals surface area contributed by atoms with E-state index in [0.29, 0.717) is 59.0 Å². The topological polar surface area (TPSA) is 129 Å². The van der Waals surface area contributed by atoms with Gasteiger partial charge in [0.05, 0.1) is 24.9 Å². The number of fused-ring (bicyclic) bond motifs is 1. The van der Waals surface area contributed by atoms with E-state index in [4.69, 9.17) is 9.47 Å². The van der Waals surface area contributed by atoms with Crippen LogP contribution in [0.15, 0.2) is 30.6 Å². The minimum atomic E-state index is -0.508. The van der Waals surface area contributed by atoms with Gasteiger partial charge in [0.2, 0.25) is 0 Å². The maximum atomic E-state index is 12.6. The summed E-state index contributed by atoms with van der Waals surface area (Å²) >= 11 is 0. The molecule has 10 nitrogen and oxygen atoms in total. The van der Waals surface area contributed by atoms with E-state index in [2.05, 4.69) is 20.6 Å². The van der Waals surface area contributed by atoms with Crippen molar-refractivity contribution in [2.75, 3.05) is 37.0 Å². The second-order valence-electron chi connectivity index (χ2n) is 7.74. The van der Waals surface area contributed by atoms with Crippen molar-refractivity contribution in [3.8, 4) is 17.2 Å². The number of carbonyl (C=O) groups excluding carboxylic acids is 1. The zero-order valence-electron chi connectivity index (χ0n) is 17.0. The molecule has 160 valence electrons. The summed E-state index contributed by atoms with van der Waals surface area (Å²) in [6.45, 7) is 3.33. The number of carbonyl (C=O) groups is 1. The van der Waals surface area contributed by atoms with E-state index < -0.39 is 11.7 Å². The zero-order chi connectivity index (χ0) is 21.8. The van der Waals surface area contributed by atoms with Crippen molar-refractivity contribution in [1.29, 1.82) is 0 Å². The molecule has 2 saturated heterocycles. The standard InChI is InChI=1S/C21H21N5O5/c1-11-13(3-4-16(27)18(11)28)25-19-12-5-15(17(30-2)6-14(12)23-10-24-19)26-9-21(7-22-8-21)31-20(26)29/h3-6,10,22,27-28H,7-9H2,1-2H3,(H,23,24,25). The molecule has 2 aliphatic rings. The van der Waals surface area contributed by atoms with Crippen molar-refractivity contribution >= 4 is 34.2 Å². The zero-order valence-corrected chi connectivity index (χ0v) is 17.0. The Hall–Kier alpha value is -3.79. The van der Waals surface area contributed by atoms with Gasteiger partial charge in [0, 0.05) is 35.8 Å². The van der Waals surface area contributed by atoms with Crippen LogP contribution in [-0.4, -0.2) is 58.6 Å². The summed E-state index contributed by atoms with van der Waals surface area (Å²) in [5, 5.41) is 26.7. The van der Waals surface area contributed by atoms with E-state index in [0.717, 1.165) is 0 Å². The number of phenols is 2. The fourth-order valence-electron chi connectivity index (χ4n) is 3.89. The third-order valence-electron chi connectivity index (χ3n) is 5.75. The average molecular weight is 423 g/mol. The molecule has 1 aromatic heterocycles. The third-order valence-corrected chi connectivity index (χ3v) is 5.75. The Balaban J connectivity index is 1.59. The minimum Gasteiger partial charge on any atom is -0.504 e. The molecule has 2 aliphatic heterocycles. The smallest absolute Gasteiger partial charge is 0.415 e. The number of nitrogens with zero attached hydrogens (tertiary/aromatic N) is 3. The number of aromatic hydroxyl groups is 2. The van der Waals surface area contributed by atoms with Crippen LogP contribution in [0.1, 0.15) is 5.56 Å². The lowest BCUT2D eigenvalue weighted by atomic mass is 9.97. The van der Waals surface area contributed by atoms with Crippen LogP contribution < -0.4 is 20.3 Å². The lowest BCUT2D eigenvalue weighted by molar-refractivity contribution is 0.0142. The van der Waals surface area contributed by atoms with Crippen LogP contribution in [0, 0.1) is 6.92 Å². The Kier molecular flexibility index (Phi) is 4.26. The Bertz CT molecular complexity index is 1210. The molecule has 0 saturated carbocycles. The summed E-state index contributed by atoms with van der Waals surface area (Å²) in [6, 6.07) is 6.58. The van der Waals surface area contributed by atoms with Crippen LogP contribution in [0.5, 0.6) is 17.2 Å². The summed E-state index contributed by atoms with van der Waals surface area (Å²) < 4.78 is 11.1. The van der Waals surface area contributed by atoms with Gasteiger partial charge in [-0.2, -0.15) is 0 Å². The first-order chi connectivity index (χ1) is 14.9. The average Bonchev–Trinajstić information content (AvgIpc) is 3.11. The van der Waals surface area contributed by atoms with Gasteiger partial charge in [0.15, 0.2) is 17.1 Å². The predicted octanol–water partition coefficient (Wildman–Crippen LogP) is 2.40. The molecule has 0 bridgehead atoms. The van der Waals surface area contributed by atoms with Crippen molar-refractivity contribution in [3.05, 3.63) is 36.2 Å². The molecule has 0 unspecified atom stereocenters. The van der Waals surface area contributed by atoms with Crippen LogP contribution in [-0.2, 0) is 4.74 Å². The third kappa shape index (κ3) is 3.03. The molecule has 1 spiro atoms. The summed E-state index contributed by atoms with van der Waals surface area (Å²) in [6.07, 6.45) is 0.989. The number of anilines is 3. The number of amides is 1. The van der Waals surface area contributed by atoms with Gasteiger partial charge in [-0.05, 0) is 25.1 Å². The SMILES string of the molecule is COc1cc2ncnc(Nc3ccc(O)c(O)c3C)c2cc1N1CC2(CNC2)OC1=O. The molecule has 3 heterocycles. The van der Waals surface area contributed by atoms with Crippen molar-refractivity contribution < 1.29 is 24.5 Å². The van der Waals surface area contributed by atoms with Gasteiger partial charge in [0.1, 0.15) is 17.9 Å². The van der Waals surface area contributed by atoms with Gasteiger partial charge in [-0.3, -0.25) is 4.90 Å². The highest BCUT2D eigenvalue weighted by molar-refractivity contribution is 6.00. The summed E-state index contributed by atoms with van der Waals surface area (Å²) in [5.74, 6) is 0.575. The van der Waals surface area contributed by atoms with Crippen LogP contribution in [0.2, 0.25) is 0 Å². The highest BCUT2D eigenvalue weighted by Crippen LogP contribution is 2.40. The fourth-order valence-corrected chi connectivity index (χ4v) is 3.89. The molecule has 2 aromatic carbocycles. The molecule has 2 fully saturated rings. The van der Waals surface area contributed by atoms with Gasteiger partial charge in [0.25, 0.3) is 0 Å². The van der Waals surface area contributed by atoms with Gasteiger partial charge in [-0.25, -0.2) is 14.8 Å². The Morgan fingerprint density at radius 2 is 2.06 bits per heavy atom. The molecule has 3 aromatic rings. The van der Waals surface area contributed by atoms with Gasteiger partial charge < -0.3 is 30.3 Å². The van der Waals surface area contributed by atoms with Gasteiger partial charge >= 0.3 is 6.09 Å². The van der Waals surface area contributed by atoms with E-state index in [1.165, 1.54) is 19.5 Å². The lowest BCUT2D eigenvalue weighted by Gasteiger charge is -2.36. The van der Waals surface area contributed by atoms with Crippen molar-refractivity contribution in [3.63, 3.8) is 0 Å². The number of ether oxygens (including phenoxy) is 2. The van der Waals surface area contributed by atoms with Crippen LogP contribution in [0.4, 0.5) is 22.0 Å². The number of hydrogen-bond acceptors (Lipinski definition) is 9. The second kappa shape index (κ2) is 6.88. The molecule has 5 rings (SSSR count). The molecule has 0 radical (unpaired) electrons. The van der Waals surface area contributed by atoms with Gasteiger partial charge in [-0.15, -0.1) is 0 Å². The lowest BCUT2D eigenvalue weighted by Crippen LogP contribution is -2.61. The van der Waals surface area contributed by atoms with E-state index in [-0.39, 0.29) is 11.5 Å². The monoisotopic (exact) mass is 423 g/mol. The number of rotatable bonds is 4. The molecular weight excluding hydrogens is 402 g/mol.